The summed E-state index contributed by atoms with van der Waals surface area (Å²) in [6.45, 7) is 7.74. The van der Waals surface area contributed by atoms with Crippen LogP contribution in [-0.4, -0.2) is 69.4 Å². The van der Waals surface area contributed by atoms with E-state index in [-0.39, 0.29) is 32.0 Å². The van der Waals surface area contributed by atoms with Crippen LogP contribution in [0.2, 0.25) is 0 Å². The summed E-state index contributed by atoms with van der Waals surface area (Å²) in [5.74, 6) is -0.268. The fourth-order valence-corrected chi connectivity index (χ4v) is 3.23. The van der Waals surface area contributed by atoms with Gasteiger partial charge in [-0.05, 0) is 12.8 Å². The van der Waals surface area contributed by atoms with Gasteiger partial charge in [-0.25, -0.2) is 0 Å². The first-order valence-corrected chi connectivity index (χ1v) is 10.9. The zero-order chi connectivity index (χ0) is 20.7. The van der Waals surface area contributed by atoms with Crippen molar-refractivity contribution < 1.29 is 36.8 Å². The van der Waals surface area contributed by atoms with Gasteiger partial charge in [0.2, 0.25) is 0 Å². The Morgan fingerprint density at radius 3 is 1.82 bits per heavy atom. The highest BCUT2D eigenvalue weighted by atomic mass is 32.2. The third kappa shape index (κ3) is 15.1. The van der Waals surface area contributed by atoms with Crippen molar-refractivity contribution in [1.82, 2.24) is 0 Å². The molecule has 9 heteroatoms. The molecule has 1 N–H and O–H groups in total. The number of carbonyl (C=O) groups is 2. The minimum absolute atomic E-state index is 0. The third-order valence-corrected chi connectivity index (χ3v) is 5.08. The molecule has 0 radical (unpaired) electrons. The maximum absolute atomic E-state index is 11.9. The lowest BCUT2D eigenvalue weighted by Gasteiger charge is -2.11. The van der Waals surface area contributed by atoms with E-state index in [1.54, 1.807) is 6.92 Å². The molecular weight excluding hydrogens is 388 g/mol. The number of carbonyl (C=O) groups excluding carboxylic acids is 2. The molecule has 0 amide bonds. The molecule has 0 fully saturated rings. The van der Waals surface area contributed by atoms with Crippen LogP contribution in [0.3, 0.4) is 0 Å². The highest BCUT2D eigenvalue weighted by Crippen LogP contribution is 2.11. The Balaban J connectivity index is 0. The standard InChI is InChI=1S/C18H34O8S.CH4/c1-4-6-18(27(21,22)23)17(20)7-5-9-24-11-13-26-14-12-25-10-8-16(19)15(2)3;/h15,18H,4-14H2,1-3H3,(H,21,22,23);1H4. The molecule has 0 saturated heterocycles. The summed E-state index contributed by atoms with van der Waals surface area (Å²) in [7, 11) is -4.34. The molecule has 0 aromatic rings. The predicted molar refractivity (Wildman–Crippen MR) is 108 cm³/mol. The molecule has 0 aliphatic heterocycles. The lowest BCUT2D eigenvalue weighted by atomic mass is 10.1. The van der Waals surface area contributed by atoms with E-state index in [1.807, 2.05) is 13.8 Å². The summed E-state index contributed by atoms with van der Waals surface area (Å²) in [6, 6.07) is 0. The first kappa shape index (κ1) is 29.3. The highest BCUT2D eigenvalue weighted by molar-refractivity contribution is 7.87. The van der Waals surface area contributed by atoms with Crippen molar-refractivity contribution in [2.75, 3.05) is 39.6 Å². The van der Waals surface area contributed by atoms with Gasteiger partial charge >= 0.3 is 0 Å². The number of hydrogen-bond acceptors (Lipinski definition) is 7. The molecule has 0 bridgehead atoms. The minimum atomic E-state index is -4.34. The molecule has 0 aliphatic carbocycles. The van der Waals surface area contributed by atoms with Crippen molar-refractivity contribution in [2.45, 2.75) is 65.6 Å². The average Bonchev–Trinajstić information content (AvgIpc) is 2.58. The predicted octanol–water partition coefficient (Wildman–Crippen LogP) is 2.69. The number of rotatable bonds is 18. The van der Waals surface area contributed by atoms with E-state index in [1.165, 1.54) is 0 Å². The Bertz CT molecular complexity index is 516. The van der Waals surface area contributed by atoms with E-state index in [0.29, 0.717) is 58.9 Å². The SMILES string of the molecule is C.CCCC(C(=O)CCCOCCOCCOCCC(=O)C(C)C)S(=O)(=O)O. The van der Waals surface area contributed by atoms with E-state index in [9.17, 15) is 18.0 Å². The first-order valence-electron chi connectivity index (χ1n) is 9.45. The van der Waals surface area contributed by atoms with Crippen LogP contribution in [0.1, 0.15) is 60.3 Å². The van der Waals surface area contributed by atoms with Crippen molar-refractivity contribution in [1.29, 1.82) is 0 Å². The van der Waals surface area contributed by atoms with Crippen LogP contribution >= 0.6 is 0 Å². The molecule has 0 heterocycles. The zero-order valence-electron chi connectivity index (χ0n) is 16.6. The van der Waals surface area contributed by atoms with E-state index < -0.39 is 21.2 Å². The summed E-state index contributed by atoms with van der Waals surface area (Å²) in [4.78, 5) is 23.2. The van der Waals surface area contributed by atoms with Gasteiger partial charge in [0.05, 0.1) is 33.0 Å². The summed E-state index contributed by atoms with van der Waals surface area (Å²) < 4.78 is 47.4. The molecule has 0 aliphatic rings. The Labute approximate surface area is 170 Å². The smallest absolute Gasteiger partial charge is 0.274 e. The Kier molecular flexibility index (Phi) is 17.8. The normalized spacial score (nSPS) is 12.6. The van der Waals surface area contributed by atoms with Gasteiger partial charge in [-0.2, -0.15) is 8.42 Å². The summed E-state index contributed by atoms with van der Waals surface area (Å²) >= 11 is 0. The maximum atomic E-state index is 11.9. The molecular formula is C19H38O8S. The molecule has 0 saturated carbocycles. The topological polar surface area (TPSA) is 116 Å². The second-order valence-electron chi connectivity index (χ2n) is 6.57. The van der Waals surface area contributed by atoms with Gasteiger partial charge in [0.1, 0.15) is 11.0 Å². The van der Waals surface area contributed by atoms with Crippen LogP contribution in [0.15, 0.2) is 0 Å². The van der Waals surface area contributed by atoms with Gasteiger partial charge in [-0.1, -0.05) is 34.6 Å². The molecule has 28 heavy (non-hydrogen) atoms. The van der Waals surface area contributed by atoms with E-state index >= 15 is 0 Å². The molecule has 168 valence electrons. The van der Waals surface area contributed by atoms with Gasteiger partial charge in [0, 0.05) is 25.4 Å². The lowest BCUT2D eigenvalue weighted by Crippen LogP contribution is -2.30. The molecule has 0 aromatic heterocycles. The average molecular weight is 427 g/mol. The highest BCUT2D eigenvalue weighted by Gasteiger charge is 2.29. The molecule has 0 aromatic carbocycles. The van der Waals surface area contributed by atoms with Crippen LogP contribution in [0.5, 0.6) is 0 Å². The Morgan fingerprint density at radius 2 is 1.36 bits per heavy atom. The van der Waals surface area contributed by atoms with E-state index in [2.05, 4.69) is 0 Å². The van der Waals surface area contributed by atoms with Gasteiger partial charge < -0.3 is 14.2 Å². The number of ketones is 2. The molecule has 1 unspecified atom stereocenters. The number of Topliss-reactive ketones (excluding diaryl/α,β-unsaturated/α-hetero) is 2. The largest absolute Gasteiger partial charge is 0.379 e. The lowest BCUT2D eigenvalue weighted by molar-refractivity contribution is -0.123. The van der Waals surface area contributed by atoms with Crippen molar-refractivity contribution in [3.63, 3.8) is 0 Å². The van der Waals surface area contributed by atoms with E-state index in [4.69, 9.17) is 18.8 Å². The second-order valence-corrected chi connectivity index (χ2v) is 8.17. The van der Waals surface area contributed by atoms with Crippen LogP contribution in [0.4, 0.5) is 0 Å². The number of ether oxygens (including phenoxy) is 3. The summed E-state index contributed by atoms with van der Waals surface area (Å²) in [6.07, 6.45) is 1.48. The second kappa shape index (κ2) is 17.0. The Hall–Kier alpha value is -0.870. The van der Waals surface area contributed by atoms with Crippen molar-refractivity contribution >= 4 is 21.7 Å². The summed E-state index contributed by atoms with van der Waals surface area (Å²) in [5.41, 5.74) is 0. The molecule has 8 nitrogen and oxygen atoms in total. The fourth-order valence-electron chi connectivity index (χ4n) is 2.25. The Morgan fingerprint density at radius 1 is 0.857 bits per heavy atom. The molecule has 1 atom stereocenters. The quantitative estimate of drug-likeness (QED) is 0.263. The summed E-state index contributed by atoms with van der Waals surface area (Å²) in [5, 5.41) is -1.33. The van der Waals surface area contributed by atoms with Crippen LogP contribution in [0, 0.1) is 5.92 Å². The van der Waals surface area contributed by atoms with Crippen molar-refractivity contribution in [2.24, 2.45) is 5.92 Å². The van der Waals surface area contributed by atoms with Crippen LogP contribution < -0.4 is 0 Å². The minimum Gasteiger partial charge on any atom is -0.379 e. The van der Waals surface area contributed by atoms with Gasteiger partial charge in [-0.15, -0.1) is 0 Å². The zero-order valence-corrected chi connectivity index (χ0v) is 17.5. The van der Waals surface area contributed by atoms with Gasteiger partial charge in [-0.3, -0.25) is 14.1 Å². The van der Waals surface area contributed by atoms with Crippen LogP contribution in [0.25, 0.3) is 0 Å². The molecule has 0 rings (SSSR count). The fraction of sp³-hybridized carbons (Fsp3) is 0.895. The van der Waals surface area contributed by atoms with Gasteiger partial charge in [0.15, 0.2) is 5.78 Å². The maximum Gasteiger partial charge on any atom is 0.274 e. The van der Waals surface area contributed by atoms with Gasteiger partial charge in [0.25, 0.3) is 10.1 Å². The monoisotopic (exact) mass is 426 g/mol. The van der Waals surface area contributed by atoms with Crippen molar-refractivity contribution in [3.05, 3.63) is 0 Å². The number of hydrogen-bond donors (Lipinski definition) is 1. The van der Waals surface area contributed by atoms with E-state index in [0.717, 1.165) is 0 Å². The third-order valence-electron chi connectivity index (χ3n) is 3.86. The van der Waals surface area contributed by atoms with Crippen molar-refractivity contribution in [3.8, 4) is 0 Å². The first-order chi connectivity index (χ1) is 12.7. The van der Waals surface area contributed by atoms with Crippen LogP contribution in [-0.2, 0) is 33.9 Å². The molecule has 0 spiro atoms.